The molecule has 0 amide bonds. The fourth-order valence-electron chi connectivity index (χ4n) is 1.78. The number of benzene rings is 1. The van der Waals surface area contributed by atoms with Gasteiger partial charge in [-0.15, -0.1) is 0 Å². The summed E-state index contributed by atoms with van der Waals surface area (Å²) < 4.78 is 5.11. The summed E-state index contributed by atoms with van der Waals surface area (Å²) in [6.07, 6.45) is 0. The van der Waals surface area contributed by atoms with Crippen LogP contribution in [0.5, 0.6) is 0 Å². The van der Waals surface area contributed by atoms with Crippen molar-refractivity contribution in [3.05, 3.63) is 28.8 Å². The number of hydrogen-bond donors (Lipinski definition) is 1. The monoisotopic (exact) mass is 257 g/mol. The molecule has 0 fully saturated rings. The Morgan fingerprint density at radius 1 is 1.41 bits per heavy atom. The predicted octanol–water partition coefficient (Wildman–Crippen LogP) is 2.69. The molecule has 0 spiro atoms. The molecule has 0 saturated carbocycles. The predicted molar refractivity (Wildman–Crippen MR) is 71.7 cm³/mol. The normalized spacial score (nSPS) is 10.9. The van der Waals surface area contributed by atoms with Gasteiger partial charge in [-0.3, -0.25) is 0 Å². The zero-order valence-electron chi connectivity index (χ0n) is 10.6. The van der Waals surface area contributed by atoms with E-state index in [1.54, 1.807) is 13.2 Å². The van der Waals surface area contributed by atoms with Crippen LogP contribution in [0.3, 0.4) is 0 Å². The first-order valence-corrected chi connectivity index (χ1v) is 6.12. The van der Waals surface area contributed by atoms with Crippen LogP contribution in [0.4, 0.5) is 5.69 Å². The van der Waals surface area contributed by atoms with Crippen molar-refractivity contribution >= 4 is 17.3 Å². The molecule has 0 radical (unpaired) electrons. The Labute approximate surface area is 108 Å². The molecule has 0 heterocycles. The van der Waals surface area contributed by atoms with Crippen molar-refractivity contribution in [3.63, 3.8) is 0 Å². The third-order valence-corrected chi connectivity index (χ3v) is 2.92. The number of halogens is 1. The Hall–Kier alpha value is -0.770. The lowest BCUT2D eigenvalue weighted by Gasteiger charge is -2.30. The molecular weight excluding hydrogens is 238 g/mol. The van der Waals surface area contributed by atoms with Crippen molar-refractivity contribution in [3.8, 4) is 0 Å². The van der Waals surface area contributed by atoms with Gasteiger partial charge >= 0.3 is 0 Å². The highest BCUT2D eigenvalue weighted by Gasteiger charge is 2.14. The van der Waals surface area contributed by atoms with Crippen LogP contribution < -0.4 is 4.90 Å². The van der Waals surface area contributed by atoms with Gasteiger partial charge in [0.15, 0.2) is 0 Å². The molecule has 0 bridgehead atoms. The van der Waals surface area contributed by atoms with Gasteiger partial charge in [-0.05, 0) is 26.0 Å². The zero-order chi connectivity index (χ0) is 12.8. The standard InChI is InChI=1S/C13H20ClNO2/c1-10(2)15(6-7-17-3)13-8-12(14)5-4-11(13)9-16/h4-5,8,10,16H,6-7,9H2,1-3H3. The van der Waals surface area contributed by atoms with Crippen molar-refractivity contribution in [2.45, 2.75) is 26.5 Å². The molecule has 96 valence electrons. The molecule has 0 atom stereocenters. The van der Waals surface area contributed by atoms with Crippen LogP contribution in [0.15, 0.2) is 18.2 Å². The van der Waals surface area contributed by atoms with Crippen LogP contribution in [-0.2, 0) is 11.3 Å². The second kappa shape index (κ2) is 6.84. The molecule has 0 aliphatic carbocycles. The molecule has 1 rings (SSSR count). The minimum Gasteiger partial charge on any atom is -0.392 e. The fourth-order valence-corrected chi connectivity index (χ4v) is 1.95. The average molecular weight is 258 g/mol. The largest absolute Gasteiger partial charge is 0.392 e. The van der Waals surface area contributed by atoms with E-state index in [0.29, 0.717) is 17.7 Å². The number of ether oxygens (including phenoxy) is 1. The quantitative estimate of drug-likeness (QED) is 0.851. The second-order valence-electron chi connectivity index (χ2n) is 4.21. The van der Waals surface area contributed by atoms with Crippen molar-refractivity contribution in [2.24, 2.45) is 0 Å². The summed E-state index contributed by atoms with van der Waals surface area (Å²) >= 11 is 6.02. The van der Waals surface area contributed by atoms with Crippen LogP contribution in [0.1, 0.15) is 19.4 Å². The van der Waals surface area contributed by atoms with Crippen molar-refractivity contribution in [1.82, 2.24) is 0 Å². The number of methoxy groups -OCH3 is 1. The van der Waals surface area contributed by atoms with Gasteiger partial charge in [-0.1, -0.05) is 17.7 Å². The first kappa shape index (κ1) is 14.3. The highest BCUT2D eigenvalue weighted by molar-refractivity contribution is 6.30. The first-order chi connectivity index (χ1) is 8.10. The third kappa shape index (κ3) is 3.87. The zero-order valence-corrected chi connectivity index (χ0v) is 11.4. The summed E-state index contributed by atoms with van der Waals surface area (Å²) in [7, 11) is 1.68. The number of aliphatic hydroxyl groups excluding tert-OH is 1. The van der Waals surface area contributed by atoms with Crippen LogP contribution in [0.25, 0.3) is 0 Å². The average Bonchev–Trinajstić information content (AvgIpc) is 2.29. The Bertz CT molecular complexity index is 355. The molecule has 0 aliphatic heterocycles. The number of hydrogen-bond acceptors (Lipinski definition) is 3. The molecule has 0 unspecified atom stereocenters. The molecule has 4 heteroatoms. The van der Waals surface area contributed by atoms with Gasteiger partial charge in [0.25, 0.3) is 0 Å². The fraction of sp³-hybridized carbons (Fsp3) is 0.538. The van der Waals surface area contributed by atoms with E-state index in [1.165, 1.54) is 0 Å². The van der Waals surface area contributed by atoms with Gasteiger partial charge in [-0.2, -0.15) is 0 Å². The van der Waals surface area contributed by atoms with Gasteiger partial charge in [0.05, 0.1) is 13.2 Å². The van der Waals surface area contributed by atoms with Crippen molar-refractivity contribution in [2.75, 3.05) is 25.2 Å². The molecule has 3 nitrogen and oxygen atoms in total. The number of nitrogens with zero attached hydrogens (tertiary/aromatic N) is 1. The van der Waals surface area contributed by atoms with Crippen LogP contribution in [0, 0.1) is 0 Å². The van der Waals surface area contributed by atoms with Gasteiger partial charge in [0, 0.05) is 36.0 Å². The topological polar surface area (TPSA) is 32.7 Å². The molecule has 0 aromatic heterocycles. The van der Waals surface area contributed by atoms with Crippen LogP contribution >= 0.6 is 11.6 Å². The third-order valence-electron chi connectivity index (χ3n) is 2.69. The van der Waals surface area contributed by atoms with E-state index in [2.05, 4.69) is 18.7 Å². The van der Waals surface area contributed by atoms with Crippen molar-refractivity contribution in [1.29, 1.82) is 0 Å². The smallest absolute Gasteiger partial charge is 0.0702 e. The molecule has 1 aromatic carbocycles. The summed E-state index contributed by atoms with van der Waals surface area (Å²) in [4.78, 5) is 2.18. The molecule has 0 aliphatic rings. The Morgan fingerprint density at radius 2 is 2.12 bits per heavy atom. The number of rotatable bonds is 6. The maximum atomic E-state index is 9.36. The molecule has 0 saturated heterocycles. The molecule has 17 heavy (non-hydrogen) atoms. The van der Waals surface area contributed by atoms with Gasteiger partial charge in [0.2, 0.25) is 0 Å². The Kier molecular flexibility index (Phi) is 5.75. The summed E-state index contributed by atoms with van der Waals surface area (Å²) in [5.74, 6) is 0. The summed E-state index contributed by atoms with van der Waals surface area (Å²) in [5, 5.41) is 10.0. The van der Waals surface area contributed by atoms with E-state index in [0.717, 1.165) is 17.8 Å². The lowest BCUT2D eigenvalue weighted by atomic mass is 10.1. The van der Waals surface area contributed by atoms with E-state index in [4.69, 9.17) is 16.3 Å². The van der Waals surface area contributed by atoms with E-state index >= 15 is 0 Å². The van der Waals surface area contributed by atoms with Crippen LogP contribution in [0.2, 0.25) is 5.02 Å². The maximum Gasteiger partial charge on any atom is 0.0702 e. The van der Waals surface area contributed by atoms with Crippen molar-refractivity contribution < 1.29 is 9.84 Å². The Morgan fingerprint density at radius 3 is 2.65 bits per heavy atom. The maximum absolute atomic E-state index is 9.36. The molecule has 1 N–H and O–H groups in total. The van der Waals surface area contributed by atoms with E-state index in [-0.39, 0.29) is 6.61 Å². The van der Waals surface area contributed by atoms with E-state index < -0.39 is 0 Å². The minimum absolute atomic E-state index is 0.0166. The lowest BCUT2D eigenvalue weighted by molar-refractivity contribution is 0.203. The van der Waals surface area contributed by atoms with E-state index in [9.17, 15) is 5.11 Å². The van der Waals surface area contributed by atoms with Crippen LogP contribution in [-0.4, -0.2) is 31.4 Å². The molecule has 1 aromatic rings. The number of anilines is 1. The van der Waals surface area contributed by atoms with Gasteiger partial charge in [-0.25, -0.2) is 0 Å². The SMILES string of the molecule is COCCN(c1cc(Cl)ccc1CO)C(C)C. The Balaban J connectivity index is 3.02. The molecular formula is C13H20ClNO2. The highest BCUT2D eigenvalue weighted by atomic mass is 35.5. The summed E-state index contributed by atoms with van der Waals surface area (Å²) in [5.41, 5.74) is 1.87. The highest BCUT2D eigenvalue weighted by Crippen LogP contribution is 2.26. The summed E-state index contributed by atoms with van der Waals surface area (Å²) in [6.45, 7) is 5.66. The second-order valence-corrected chi connectivity index (χ2v) is 4.65. The van der Waals surface area contributed by atoms with Gasteiger partial charge < -0.3 is 14.7 Å². The minimum atomic E-state index is 0.0166. The number of aliphatic hydroxyl groups is 1. The van der Waals surface area contributed by atoms with Gasteiger partial charge in [0.1, 0.15) is 0 Å². The van der Waals surface area contributed by atoms with E-state index in [1.807, 2.05) is 12.1 Å². The first-order valence-electron chi connectivity index (χ1n) is 5.75. The lowest BCUT2D eigenvalue weighted by Crippen LogP contribution is -2.34. The summed E-state index contributed by atoms with van der Waals surface area (Å²) in [6, 6.07) is 5.88.